The van der Waals surface area contributed by atoms with E-state index in [9.17, 15) is 4.79 Å². The molecule has 0 aliphatic rings. The second kappa shape index (κ2) is 7.79. The lowest BCUT2D eigenvalue weighted by atomic mass is 10.1. The molecule has 0 N–H and O–H groups in total. The Kier molecular flexibility index (Phi) is 5.28. The number of nitrogens with zero attached hydrogens (tertiary/aromatic N) is 3. The van der Waals surface area contributed by atoms with E-state index in [0.29, 0.717) is 25.3 Å². The summed E-state index contributed by atoms with van der Waals surface area (Å²) in [4.78, 5) is 15.6. The summed E-state index contributed by atoms with van der Waals surface area (Å²) in [6.07, 6.45) is 2.95. The van der Waals surface area contributed by atoms with Gasteiger partial charge in [0.05, 0.1) is 12.3 Å². The lowest BCUT2D eigenvalue weighted by Gasteiger charge is -2.13. The minimum atomic E-state index is -0.265. The normalized spacial score (nSPS) is 12.1. The summed E-state index contributed by atoms with van der Waals surface area (Å²) in [5.74, 6) is 0.382. The van der Waals surface area contributed by atoms with Crippen LogP contribution in [-0.2, 0) is 22.6 Å². The van der Waals surface area contributed by atoms with Gasteiger partial charge in [0.1, 0.15) is 6.61 Å². The maximum absolute atomic E-state index is 11.0. The van der Waals surface area contributed by atoms with Gasteiger partial charge in [-0.25, -0.2) is 4.98 Å². The number of rotatable bonds is 7. The molecule has 0 aliphatic carbocycles. The molecule has 0 aliphatic heterocycles. The Labute approximate surface area is 146 Å². The van der Waals surface area contributed by atoms with Crippen molar-refractivity contribution in [3.63, 3.8) is 0 Å². The maximum atomic E-state index is 11.0. The highest BCUT2D eigenvalue weighted by Crippen LogP contribution is 2.18. The van der Waals surface area contributed by atoms with Crippen molar-refractivity contribution in [2.75, 3.05) is 0 Å². The van der Waals surface area contributed by atoms with Crippen LogP contribution in [0, 0.1) is 0 Å². The highest BCUT2D eigenvalue weighted by atomic mass is 16.5. The number of hydrogen-bond donors (Lipinski definition) is 0. The molecule has 130 valence electrons. The lowest BCUT2D eigenvalue weighted by Crippen LogP contribution is -2.13. The van der Waals surface area contributed by atoms with E-state index in [1.165, 1.54) is 6.92 Å². The SMILES string of the molecule is CC(=O)OC(C)CCc1cc(OCc2ccccc2)n2nccc2n1. The standard InChI is InChI=1S/C19H21N3O3/c1-14(25-15(2)23)8-9-17-12-19(22-18(21-17)10-11-20-22)24-13-16-6-4-3-5-7-16/h3-7,10-12,14H,8-9,13H2,1-2H3. The van der Waals surface area contributed by atoms with Gasteiger partial charge in [0, 0.05) is 24.8 Å². The minimum absolute atomic E-state index is 0.144. The van der Waals surface area contributed by atoms with Crippen molar-refractivity contribution in [1.82, 2.24) is 14.6 Å². The third kappa shape index (κ3) is 4.56. The zero-order chi connectivity index (χ0) is 17.6. The molecule has 0 bridgehead atoms. The molecule has 0 amide bonds. The zero-order valence-electron chi connectivity index (χ0n) is 14.4. The van der Waals surface area contributed by atoms with E-state index >= 15 is 0 Å². The number of hydrogen-bond acceptors (Lipinski definition) is 5. The van der Waals surface area contributed by atoms with Gasteiger partial charge in [-0.1, -0.05) is 30.3 Å². The highest BCUT2D eigenvalue weighted by molar-refractivity contribution is 5.66. The fraction of sp³-hybridized carbons (Fsp3) is 0.316. The molecule has 1 aromatic carbocycles. The minimum Gasteiger partial charge on any atom is -0.473 e. The summed E-state index contributed by atoms with van der Waals surface area (Å²) in [5, 5.41) is 4.27. The molecule has 2 aromatic heterocycles. The van der Waals surface area contributed by atoms with E-state index in [2.05, 4.69) is 10.1 Å². The lowest BCUT2D eigenvalue weighted by molar-refractivity contribution is -0.145. The van der Waals surface area contributed by atoms with Gasteiger partial charge in [-0.2, -0.15) is 9.61 Å². The van der Waals surface area contributed by atoms with E-state index in [1.54, 1.807) is 10.7 Å². The number of benzene rings is 1. The number of ether oxygens (including phenoxy) is 2. The predicted octanol–water partition coefficient (Wildman–Crippen LogP) is 3.19. The van der Waals surface area contributed by atoms with Crippen molar-refractivity contribution in [3.05, 3.63) is 59.9 Å². The smallest absolute Gasteiger partial charge is 0.302 e. The number of aromatic nitrogens is 3. The monoisotopic (exact) mass is 339 g/mol. The van der Waals surface area contributed by atoms with E-state index in [-0.39, 0.29) is 12.1 Å². The summed E-state index contributed by atoms with van der Waals surface area (Å²) in [6, 6.07) is 13.7. The van der Waals surface area contributed by atoms with Crippen molar-refractivity contribution in [1.29, 1.82) is 0 Å². The fourth-order valence-electron chi connectivity index (χ4n) is 2.59. The van der Waals surface area contributed by atoms with E-state index in [0.717, 1.165) is 16.9 Å². The molecule has 1 atom stereocenters. The molecule has 3 rings (SSSR count). The van der Waals surface area contributed by atoms with Gasteiger partial charge < -0.3 is 9.47 Å². The molecular formula is C19H21N3O3. The molecule has 25 heavy (non-hydrogen) atoms. The van der Waals surface area contributed by atoms with Crippen molar-refractivity contribution in [2.45, 2.75) is 39.4 Å². The molecule has 1 unspecified atom stereocenters. The van der Waals surface area contributed by atoms with Crippen LogP contribution in [0.5, 0.6) is 5.88 Å². The van der Waals surface area contributed by atoms with Crippen molar-refractivity contribution in [3.8, 4) is 5.88 Å². The number of aryl methyl sites for hydroxylation is 1. The Morgan fingerprint density at radius 1 is 1.24 bits per heavy atom. The van der Waals surface area contributed by atoms with Crippen LogP contribution in [0.3, 0.4) is 0 Å². The van der Waals surface area contributed by atoms with Gasteiger partial charge in [-0.3, -0.25) is 4.79 Å². The third-order valence-corrected chi connectivity index (χ3v) is 3.78. The fourth-order valence-corrected chi connectivity index (χ4v) is 2.59. The first-order chi connectivity index (χ1) is 12.1. The predicted molar refractivity (Wildman–Crippen MR) is 93.3 cm³/mol. The Balaban J connectivity index is 1.73. The number of esters is 1. The Morgan fingerprint density at radius 2 is 2.04 bits per heavy atom. The summed E-state index contributed by atoms with van der Waals surface area (Å²) in [5.41, 5.74) is 2.71. The van der Waals surface area contributed by atoms with Crippen molar-refractivity contribution < 1.29 is 14.3 Å². The van der Waals surface area contributed by atoms with Crippen LogP contribution >= 0.6 is 0 Å². The molecule has 6 nitrogen and oxygen atoms in total. The van der Waals surface area contributed by atoms with E-state index < -0.39 is 0 Å². The Hall–Kier alpha value is -2.89. The van der Waals surface area contributed by atoms with Gasteiger partial charge in [-0.15, -0.1) is 0 Å². The largest absolute Gasteiger partial charge is 0.473 e. The molecular weight excluding hydrogens is 318 g/mol. The van der Waals surface area contributed by atoms with Gasteiger partial charge in [0.25, 0.3) is 0 Å². The Morgan fingerprint density at radius 3 is 2.80 bits per heavy atom. The first kappa shape index (κ1) is 17.0. The van der Waals surface area contributed by atoms with Gasteiger partial charge >= 0.3 is 5.97 Å². The van der Waals surface area contributed by atoms with Crippen LogP contribution in [-0.4, -0.2) is 26.7 Å². The second-order valence-corrected chi connectivity index (χ2v) is 5.92. The molecule has 0 radical (unpaired) electrons. The van der Waals surface area contributed by atoms with Crippen molar-refractivity contribution in [2.24, 2.45) is 0 Å². The van der Waals surface area contributed by atoms with Crippen LogP contribution in [0.1, 0.15) is 31.5 Å². The number of carbonyl (C=O) groups excluding carboxylic acids is 1. The molecule has 2 heterocycles. The van der Waals surface area contributed by atoms with E-state index in [4.69, 9.17) is 9.47 Å². The first-order valence-electron chi connectivity index (χ1n) is 8.29. The van der Waals surface area contributed by atoms with Crippen LogP contribution < -0.4 is 4.74 Å². The number of carbonyl (C=O) groups is 1. The van der Waals surface area contributed by atoms with Crippen molar-refractivity contribution >= 4 is 11.6 Å². The molecule has 3 aromatic rings. The maximum Gasteiger partial charge on any atom is 0.302 e. The first-order valence-corrected chi connectivity index (χ1v) is 8.29. The molecule has 0 fully saturated rings. The molecule has 0 spiro atoms. The number of fused-ring (bicyclic) bond motifs is 1. The second-order valence-electron chi connectivity index (χ2n) is 5.92. The Bertz CT molecular complexity index is 846. The third-order valence-electron chi connectivity index (χ3n) is 3.78. The summed E-state index contributed by atoms with van der Waals surface area (Å²) in [6.45, 7) is 3.76. The van der Waals surface area contributed by atoms with Gasteiger partial charge in [0.2, 0.25) is 5.88 Å². The summed E-state index contributed by atoms with van der Waals surface area (Å²) >= 11 is 0. The summed E-state index contributed by atoms with van der Waals surface area (Å²) in [7, 11) is 0. The zero-order valence-corrected chi connectivity index (χ0v) is 14.4. The highest BCUT2D eigenvalue weighted by Gasteiger charge is 2.11. The quantitative estimate of drug-likeness (QED) is 0.619. The van der Waals surface area contributed by atoms with Crippen LogP contribution in [0.4, 0.5) is 0 Å². The van der Waals surface area contributed by atoms with Gasteiger partial charge in [-0.05, 0) is 25.3 Å². The average Bonchev–Trinajstić information content (AvgIpc) is 3.07. The molecule has 0 saturated carbocycles. The van der Waals surface area contributed by atoms with Gasteiger partial charge in [0.15, 0.2) is 5.65 Å². The average molecular weight is 339 g/mol. The van der Waals surface area contributed by atoms with Crippen LogP contribution in [0.15, 0.2) is 48.7 Å². The van der Waals surface area contributed by atoms with Crippen LogP contribution in [0.2, 0.25) is 0 Å². The topological polar surface area (TPSA) is 65.7 Å². The molecule has 0 saturated heterocycles. The summed E-state index contributed by atoms with van der Waals surface area (Å²) < 4.78 is 12.8. The van der Waals surface area contributed by atoms with E-state index in [1.807, 2.05) is 49.4 Å². The molecule has 6 heteroatoms. The van der Waals surface area contributed by atoms with Crippen LogP contribution in [0.25, 0.3) is 5.65 Å².